The Morgan fingerprint density at radius 3 is 3.13 bits per heavy atom. The van der Waals surface area contributed by atoms with E-state index in [-0.39, 0.29) is 11.9 Å². The van der Waals surface area contributed by atoms with E-state index < -0.39 is 0 Å². The second-order valence-corrected chi connectivity index (χ2v) is 5.49. The first-order valence-electron chi connectivity index (χ1n) is 4.75. The lowest BCUT2D eigenvalue weighted by atomic mass is 10.3. The third-order valence-electron chi connectivity index (χ3n) is 1.83. The summed E-state index contributed by atoms with van der Waals surface area (Å²) < 4.78 is 0. The van der Waals surface area contributed by atoms with Crippen LogP contribution >= 0.6 is 23.1 Å². The molecule has 2 nitrogen and oxygen atoms in total. The van der Waals surface area contributed by atoms with Crippen LogP contribution in [0.25, 0.3) is 0 Å². The number of thiophene rings is 1. The second kappa shape index (κ2) is 6.91. The van der Waals surface area contributed by atoms with Gasteiger partial charge in [0.2, 0.25) is 0 Å². The zero-order valence-corrected chi connectivity index (χ0v) is 10.3. The van der Waals surface area contributed by atoms with Crippen molar-refractivity contribution in [1.82, 2.24) is 0 Å². The second-order valence-electron chi connectivity index (χ2n) is 3.07. The maximum atomic E-state index is 8.91. The molecule has 1 atom stereocenters. The Morgan fingerprint density at radius 1 is 1.67 bits per heavy atom. The van der Waals surface area contributed by atoms with Gasteiger partial charge in [-0.05, 0) is 11.4 Å². The van der Waals surface area contributed by atoms with Crippen LogP contribution in [-0.2, 0) is 5.75 Å². The lowest BCUT2D eigenvalue weighted by Crippen LogP contribution is -2.02. The highest BCUT2D eigenvalue weighted by Crippen LogP contribution is 2.24. The Kier molecular flexibility index (Phi) is 5.81. The first-order chi connectivity index (χ1) is 7.27. The van der Waals surface area contributed by atoms with Gasteiger partial charge < -0.3 is 10.8 Å². The van der Waals surface area contributed by atoms with Gasteiger partial charge in [-0.25, -0.2) is 0 Å². The van der Waals surface area contributed by atoms with Crippen LogP contribution in [0.15, 0.2) is 11.4 Å². The van der Waals surface area contributed by atoms with Gasteiger partial charge in [0.1, 0.15) is 0 Å². The molecule has 4 heteroatoms. The van der Waals surface area contributed by atoms with E-state index in [0.29, 0.717) is 6.54 Å². The molecule has 0 saturated carbocycles. The van der Waals surface area contributed by atoms with Gasteiger partial charge in [0.25, 0.3) is 0 Å². The summed E-state index contributed by atoms with van der Waals surface area (Å²) in [5, 5.41) is 11.2. The topological polar surface area (TPSA) is 46.2 Å². The molecule has 1 aromatic rings. The van der Waals surface area contributed by atoms with Crippen LogP contribution in [0.1, 0.15) is 17.4 Å². The van der Waals surface area contributed by atoms with Gasteiger partial charge in [0, 0.05) is 21.4 Å². The normalized spacial score (nSPS) is 11.9. The maximum absolute atomic E-state index is 8.91. The molecule has 1 heterocycles. The summed E-state index contributed by atoms with van der Waals surface area (Å²) in [6, 6.07) is 2.02. The third kappa shape index (κ3) is 4.27. The van der Waals surface area contributed by atoms with E-state index in [1.807, 2.05) is 18.4 Å². The number of nitrogens with two attached hydrogens (primary N) is 1. The van der Waals surface area contributed by atoms with Crippen molar-refractivity contribution in [2.45, 2.75) is 17.9 Å². The fourth-order valence-electron chi connectivity index (χ4n) is 0.981. The Hall–Kier alpha value is -0.470. The fraction of sp³-hybridized carbons (Fsp3) is 0.455. The molecule has 0 amide bonds. The van der Waals surface area contributed by atoms with Crippen molar-refractivity contribution in [3.05, 3.63) is 21.9 Å². The molecule has 0 aliphatic heterocycles. The van der Waals surface area contributed by atoms with Gasteiger partial charge in [0.15, 0.2) is 0 Å². The number of rotatable bonds is 4. The van der Waals surface area contributed by atoms with Crippen LogP contribution in [0.5, 0.6) is 0 Å². The summed E-state index contributed by atoms with van der Waals surface area (Å²) in [7, 11) is 0. The lowest BCUT2D eigenvalue weighted by Gasteiger charge is -2.05. The van der Waals surface area contributed by atoms with Gasteiger partial charge in [-0.15, -0.1) is 11.3 Å². The first kappa shape index (κ1) is 12.6. The summed E-state index contributed by atoms with van der Waals surface area (Å²) in [6.07, 6.45) is 0. The number of thioether (sulfide) groups is 1. The zero-order chi connectivity index (χ0) is 11.1. The summed E-state index contributed by atoms with van der Waals surface area (Å²) in [5.74, 6) is 6.82. The minimum Gasteiger partial charge on any atom is -0.395 e. The van der Waals surface area contributed by atoms with E-state index in [1.54, 1.807) is 23.1 Å². The van der Waals surface area contributed by atoms with Crippen LogP contribution in [-0.4, -0.2) is 23.5 Å². The first-order valence-corrected chi connectivity index (χ1v) is 6.68. The van der Waals surface area contributed by atoms with E-state index >= 15 is 0 Å². The Bertz CT molecular complexity index is 351. The SMILES string of the molecule is CC(CO)SCc1sccc1C#CCN. The van der Waals surface area contributed by atoms with Crippen LogP contribution in [0, 0.1) is 11.8 Å². The van der Waals surface area contributed by atoms with E-state index in [9.17, 15) is 0 Å². The molecule has 0 spiro atoms. The Morgan fingerprint density at radius 2 is 2.47 bits per heavy atom. The summed E-state index contributed by atoms with van der Waals surface area (Å²) >= 11 is 3.45. The standard InChI is InChI=1S/C11H15NOS2/c1-9(7-13)15-8-11-10(3-2-5-12)4-6-14-11/h4,6,9,13H,5,7-8,12H2,1H3. The smallest absolute Gasteiger partial charge is 0.0555 e. The van der Waals surface area contributed by atoms with E-state index in [0.717, 1.165) is 11.3 Å². The molecule has 1 aromatic heterocycles. The summed E-state index contributed by atoms with van der Waals surface area (Å²) in [6.45, 7) is 2.64. The highest BCUT2D eigenvalue weighted by atomic mass is 32.2. The van der Waals surface area contributed by atoms with Crippen molar-refractivity contribution in [1.29, 1.82) is 0 Å². The predicted molar refractivity (Wildman–Crippen MR) is 68.1 cm³/mol. The van der Waals surface area contributed by atoms with Crippen LogP contribution in [0.4, 0.5) is 0 Å². The molecular weight excluding hydrogens is 226 g/mol. The number of aliphatic hydroxyl groups is 1. The minimum absolute atomic E-state index is 0.222. The molecule has 0 saturated heterocycles. The molecule has 0 aliphatic rings. The lowest BCUT2D eigenvalue weighted by molar-refractivity contribution is 0.300. The monoisotopic (exact) mass is 241 g/mol. The third-order valence-corrected chi connectivity index (χ3v) is 4.10. The van der Waals surface area contributed by atoms with Crippen molar-refractivity contribution in [3.8, 4) is 11.8 Å². The number of hydrogen-bond acceptors (Lipinski definition) is 4. The van der Waals surface area contributed by atoms with Crippen LogP contribution in [0.3, 0.4) is 0 Å². The quantitative estimate of drug-likeness (QED) is 0.788. The fourth-order valence-corrected chi connectivity index (χ4v) is 2.77. The van der Waals surface area contributed by atoms with E-state index in [4.69, 9.17) is 10.8 Å². The average Bonchev–Trinajstić information content (AvgIpc) is 2.70. The van der Waals surface area contributed by atoms with E-state index in [1.165, 1.54) is 4.88 Å². The van der Waals surface area contributed by atoms with Crippen LogP contribution < -0.4 is 5.73 Å². The average molecular weight is 241 g/mol. The number of aliphatic hydroxyl groups excluding tert-OH is 1. The largest absolute Gasteiger partial charge is 0.395 e. The molecular formula is C11H15NOS2. The number of hydrogen-bond donors (Lipinski definition) is 2. The molecule has 0 aromatic carbocycles. The van der Waals surface area contributed by atoms with Crippen molar-refractivity contribution in [3.63, 3.8) is 0 Å². The highest BCUT2D eigenvalue weighted by Gasteiger charge is 2.05. The molecule has 1 unspecified atom stereocenters. The molecule has 0 bridgehead atoms. The molecule has 0 fully saturated rings. The molecule has 1 rings (SSSR count). The highest BCUT2D eigenvalue weighted by molar-refractivity contribution is 7.99. The van der Waals surface area contributed by atoms with Crippen molar-refractivity contribution in [2.24, 2.45) is 5.73 Å². The van der Waals surface area contributed by atoms with Gasteiger partial charge in [0.05, 0.1) is 13.2 Å². The van der Waals surface area contributed by atoms with Gasteiger partial charge >= 0.3 is 0 Å². The van der Waals surface area contributed by atoms with Gasteiger partial charge in [-0.3, -0.25) is 0 Å². The Labute approximate surface area is 98.9 Å². The Balaban J connectivity index is 2.57. The molecule has 82 valence electrons. The van der Waals surface area contributed by atoms with Crippen molar-refractivity contribution >= 4 is 23.1 Å². The molecule has 15 heavy (non-hydrogen) atoms. The zero-order valence-electron chi connectivity index (χ0n) is 8.69. The summed E-state index contributed by atoms with van der Waals surface area (Å²) in [4.78, 5) is 1.27. The van der Waals surface area contributed by atoms with E-state index in [2.05, 4.69) is 11.8 Å². The van der Waals surface area contributed by atoms with Crippen molar-refractivity contribution in [2.75, 3.05) is 13.2 Å². The predicted octanol–water partition coefficient (Wildman–Crippen LogP) is 1.67. The van der Waals surface area contributed by atoms with Gasteiger partial charge in [-0.2, -0.15) is 11.8 Å². The molecule has 0 aliphatic carbocycles. The van der Waals surface area contributed by atoms with Gasteiger partial charge in [-0.1, -0.05) is 18.8 Å². The summed E-state index contributed by atoms with van der Waals surface area (Å²) in [5.41, 5.74) is 6.40. The minimum atomic E-state index is 0.222. The molecule has 0 radical (unpaired) electrons. The van der Waals surface area contributed by atoms with Crippen LogP contribution in [0.2, 0.25) is 0 Å². The maximum Gasteiger partial charge on any atom is 0.0555 e. The van der Waals surface area contributed by atoms with Crippen molar-refractivity contribution < 1.29 is 5.11 Å². The molecule has 3 N–H and O–H groups in total.